The highest BCUT2D eigenvalue weighted by atomic mass is 16.5. The van der Waals surface area contributed by atoms with Crippen LogP contribution in [0.3, 0.4) is 0 Å². The lowest BCUT2D eigenvalue weighted by molar-refractivity contribution is 0.385. The summed E-state index contributed by atoms with van der Waals surface area (Å²) < 4.78 is 0. The molecule has 0 aliphatic rings. The molecule has 10 heavy (non-hydrogen) atoms. The predicted molar refractivity (Wildman–Crippen MR) is 36.9 cm³/mol. The third kappa shape index (κ3) is 1.41. The topological polar surface area (TPSA) is 58.0 Å². The Hall–Kier alpha value is -1.16. The maximum absolute atomic E-state index is 8.45. The smallest absolute Gasteiger partial charge is 0.153 e. The number of aryl methyl sites for hydroxylation is 2. The minimum Gasteiger partial charge on any atom is -0.290 e. The number of nitrogens with zero attached hydrogens (tertiary/aromatic N) is 2. The van der Waals surface area contributed by atoms with Crippen molar-refractivity contribution in [2.45, 2.75) is 13.8 Å². The molecule has 4 heteroatoms. The summed E-state index contributed by atoms with van der Waals surface area (Å²) in [5, 5.41) is 8.45. The van der Waals surface area contributed by atoms with E-state index in [0.717, 1.165) is 5.69 Å². The Morgan fingerprint density at radius 2 is 2.10 bits per heavy atom. The molecule has 0 aromatic carbocycles. The van der Waals surface area contributed by atoms with Crippen LogP contribution < -0.4 is 5.48 Å². The lowest BCUT2D eigenvalue weighted by atomic mass is 10.4. The second-order valence-electron chi connectivity index (χ2n) is 2.05. The van der Waals surface area contributed by atoms with Crippen LogP contribution in [0.2, 0.25) is 0 Å². The number of anilines is 1. The van der Waals surface area contributed by atoms with Crippen LogP contribution in [0.4, 0.5) is 5.82 Å². The Labute approximate surface area is 58.9 Å². The molecule has 0 aliphatic carbocycles. The van der Waals surface area contributed by atoms with E-state index in [9.17, 15) is 0 Å². The van der Waals surface area contributed by atoms with E-state index in [2.05, 4.69) is 9.97 Å². The van der Waals surface area contributed by atoms with Gasteiger partial charge in [0, 0.05) is 11.8 Å². The molecule has 2 N–H and O–H groups in total. The minimum atomic E-state index is 0.435. The summed E-state index contributed by atoms with van der Waals surface area (Å²) in [4.78, 5) is 7.90. The Bertz CT molecular complexity index is 216. The van der Waals surface area contributed by atoms with Crippen LogP contribution >= 0.6 is 0 Å². The van der Waals surface area contributed by atoms with Crippen LogP contribution in [0.1, 0.15) is 11.5 Å². The van der Waals surface area contributed by atoms with Crippen LogP contribution in [-0.4, -0.2) is 15.2 Å². The average Bonchev–Trinajstić information content (AvgIpc) is 1.85. The summed E-state index contributed by atoms with van der Waals surface area (Å²) in [6.45, 7) is 3.61. The molecule has 1 heterocycles. The highest BCUT2D eigenvalue weighted by Crippen LogP contribution is 2.03. The SMILES string of the molecule is Cc1cc(NO)nc(C)n1. The first-order valence-electron chi connectivity index (χ1n) is 2.95. The third-order valence-corrected chi connectivity index (χ3v) is 1.08. The van der Waals surface area contributed by atoms with Crippen molar-refractivity contribution in [2.24, 2.45) is 0 Å². The van der Waals surface area contributed by atoms with Crippen molar-refractivity contribution in [3.8, 4) is 0 Å². The molecule has 0 saturated heterocycles. The lowest BCUT2D eigenvalue weighted by Gasteiger charge is -1.99. The summed E-state index contributed by atoms with van der Waals surface area (Å²) in [5.41, 5.74) is 2.79. The lowest BCUT2D eigenvalue weighted by Crippen LogP contribution is -1.97. The highest BCUT2D eigenvalue weighted by Gasteiger charge is 1.94. The third-order valence-electron chi connectivity index (χ3n) is 1.08. The van der Waals surface area contributed by atoms with Gasteiger partial charge in [0.05, 0.1) is 0 Å². The zero-order chi connectivity index (χ0) is 7.56. The van der Waals surface area contributed by atoms with E-state index < -0.39 is 0 Å². The first-order valence-corrected chi connectivity index (χ1v) is 2.95. The number of nitrogens with one attached hydrogen (secondary N) is 1. The standard InChI is InChI=1S/C6H9N3O/c1-4-3-6(9-10)8-5(2)7-4/h3,10H,1-2H3,(H,7,8,9). The van der Waals surface area contributed by atoms with Crippen LogP contribution in [0.15, 0.2) is 6.07 Å². The molecule has 0 radical (unpaired) electrons. The van der Waals surface area contributed by atoms with Crippen LogP contribution in [0, 0.1) is 13.8 Å². The molecule has 0 saturated carbocycles. The Kier molecular flexibility index (Phi) is 1.82. The van der Waals surface area contributed by atoms with E-state index >= 15 is 0 Å². The van der Waals surface area contributed by atoms with E-state index in [1.165, 1.54) is 0 Å². The molecule has 0 spiro atoms. The normalized spacial score (nSPS) is 9.50. The van der Waals surface area contributed by atoms with Crippen molar-refractivity contribution >= 4 is 5.82 Å². The molecule has 0 unspecified atom stereocenters. The molecule has 0 atom stereocenters. The number of hydrogen-bond acceptors (Lipinski definition) is 4. The second-order valence-corrected chi connectivity index (χ2v) is 2.05. The molecule has 1 aromatic rings. The number of hydrogen-bond donors (Lipinski definition) is 2. The van der Waals surface area contributed by atoms with Crippen LogP contribution in [0.25, 0.3) is 0 Å². The quantitative estimate of drug-likeness (QED) is 0.567. The summed E-state index contributed by atoms with van der Waals surface area (Å²) in [6, 6.07) is 1.66. The van der Waals surface area contributed by atoms with Gasteiger partial charge >= 0.3 is 0 Å². The fourth-order valence-corrected chi connectivity index (χ4v) is 0.774. The van der Waals surface area contributed by atoms with Crippen molar-refractivity contribution in [3.63, 3.8) is 0 Å². The van der Waals surface area contributed by atoms with Crippen LogP contribution in [-0.2, 0) is 0 Å². The zero-order valence-electron chi connectivity index (χ0n) is 5.92. The highest BCUT2D eigenvalue weighted by molar-refractivity contribution is 5.32. The van der Waals surface area contributed by atoms with Gasteiger partial charge in [0.2, 0.25) is 0 Å². The van der Waals surface area contributed by atoms with E-state index in [0.29, 0.717) is 11.6 Å². The van der Waals surface area contributed by atoms with E-state index in [-0.39, 0.29) is 0 Å². The maximum atomic E-state index is 8.45. The first-order chi connectivity index (χ1) is 4.72. The monoisotopic (exact) mass is 139 g/mol. The zero-order valence-corrected chi connectivity index (χ0v) is 5.92. The van der Waals surface area contributed by atoms with Gasteiger partial charge in [-0.25, -0.2) is 9.97 Å². The fraction of sp³-hybridized carbons (Fsp3) is 0.333. The number of aromatic nitrogens is 2. The van der Waals surface area contributed by atoms with Gasteiger partial charge in [-0.15, -0.1) is 0 Å². The fourth-order valence-electron chi connectivity index (χ4n) is 0.774. The van der Waals surface area contributed by atoms with Gasteiger partial charge < -0.3 is 0 Å². The van der Waals surface area contributed by atoms with E-state index in [1.807, 2.05) is 12.4 Å². The molecule has 0 fully saturated rings. The summed E-state index contributed by atoms with van der Waals surface area (Å²) in [6.07, 6.45) is 0. The molecular formula is C6H9N3O. The largest absolute Gasteiger partial charge is 0.290 e. The summed E-state index contributed by atoms with van der Waals surface area (Å²) in [5.74, 6) is 1.08. The van der Waals surface area contributed by atoms with Crippen molar-refractivity contribution < 1.29 is 5.21 Å². The van der Waals surface area contributed by atoms with Gasteiger partial charge in [-0.1, -0.05) is 0 Å². The van der Waals surface area contributed by atoms with Crippen molar-refractivity contribution in [3.05, 3.63) is 17.6 Å². The number of rotatable bonds is 1. The first kappa shape index (κ1) is 6.95. The second kappa shape index (κ2) is 2.62. The van der Waals surface area contributed by atoms with E-state index in [1.54, 1.807) is 13.0 Å². The average molecular weight is 139 g/mol. The molecule has 0 aliphatic heterocycles. The van der Waals surface area contributed by atoms with Gasteiger partial charge in [-0.05, 0) is 13.8 Å². The maximum Gasteiger partial charge on any atom is 0.153 e. The molecule has 0 bridgehead atoms. The van der Waals surface area contributed by atoms with Crippen molar-refractivity contribution in [2.75, 3.05) is 5.48 Å². The van der Waals surface area contributed by atoms with Gasteiger partial charge in [0.15, 0.2) is 5.82 Å². The Balaban J connectivity index is 3.06. The van der Waals surface area contributed by atoms with Gasteiger partial charge in [0.25, 0.3) is 0 Å². The molecule has 4 nitrogen and oxygen atoms in total. The van der Waals surface area contributed by atoms with Gasteiger partial charge in [0.1, 0.15) is 5.82 Å². The summed E-state index contributed by atoms with van der Waals surface area (Å²) >= 11 is 0. The van der Waals surface area contributed by atoms with Crippen molar-refractivity contribution in [1.82, 2.24) is 9.97 Å². The Morgan fingerprint density at radius 1 is 1.40 bits per heavy atom. The predicted octanol–water partition coefficient (Wildman–Crippen LogP) is 0.895. The van der Waals surface area contributed by atoms with Gasteiger partial charge in [-0.2, -0.15) is 0 Å². The molecule has 1 aromatic heterocycles. The molecular weight excluding hydrogens is 130 g/mol. The molecule has 54 valence electrons. The van der Waals surface area contributed by atoms with Gasteiger partial charge in [-0.3, -0.25) is 10.7 Å². The summed E-state index contributed by atoms with van der Waals surface area (Å²) in [7, 11) is 0. The molecule has 1 rings (SSSR count). The van der Waals surface area contributed by atoms with Crippen molar-refractivity contribution in [1.29, 1.82) is 0 Å². The van der Waals surface area contributed by atoms with E-state index in [4.69, 9.17) is 5.21 Å². The molecule has 0 amide bonds. The Morgan fingerprint density at radius 3 is 2.60 bits per heavy atom. The minimum absolute atomic E-state index is 0.435. The van der Waals surface area contributed by atoms with Crippen LogP contribution in [0.5, 0.6) is 0 Å².